The number of piperidine rings is 1. The number of ether oxygens (including phenoxy) is 1. The van der Waals surface area contributed by atoms with E-state index in [9.17, 15) is 9.59 Å². The van der Waals surface area contributed by atoms with Crippen molar-refractivity contribution in [3.05, 3.63) is 59.3 Å². The highest BCUT2D eigenvalue weighted by Gasteiger charge is 2.27. The predicted octanol–water partition coefficient (Wildman–Crippen LogP) is 3.15. The molecule has 160 valence electrons. The molecular weight excluding hydrogens is 392 g/mol. The first-order valence-electron chi connectivity index (χ1n) is 10.8. The van der Waals surface area contributed by atoms with Gasteiger partial charge in [-0.2, -0.15) is 5.26 Å². The Kier molecular flexibility index (Phi) is 6.46. The van der Waals surface area contributed by atoms with E-state index < -0.39 is 0 Å². The fourth-order valence-corrected chi connectivity index (χ4v) is 4.10. The first kappa shape index (κ1) is 20.9. The second-order valence-electron chi connectivity index (χ2n) is 8.08. The first-order valence-corrected chi connectivity index (χ1v) is 10.8. The maximum Gasteiger partial charge on any atom is 0.309 e. The highest BCUT2D eigenvalue weighted by atomic mass is 16.5. The van der Waals surface area contributed by atoms with Crippen LogP contribution in [-0.2, 0) is 16.1 Å². The minimum Gasteiger partial charge on any atom is -0.461 e. The van der Waals surface area contributed by atoms with Crippen molar-refractivity contribution in [2.45, 2.75) is 32.3 Å². The molecule has 3 heterocycles. The van der Waals surface area contributed by atoms with Gasteiger partial charge >= 0.3 is 5.97 Å². The van der Waals surface area contributed by atoms with Crippen molar-refractivity contribution in [1.29, 1.82) is 5.26 Å². The average Bonchev–Trinajstić information content (AvgIpc) is 3.38. The van der Waals surface area contributed by atoms with Gasteiger partial charge in [0.2, 0.25) is 0 Å². The van der Waals surface area contributed by atoms with Gasteiger partial charge in [0, 0.05) is 37.9 Å². The predicted molar refractivity (Wildman–Crippen MR) is 115 cm³/mol. The van der Waals surface area contributed by atoms with E-state index in [1.54, 1.807) is 12.3 Å². The molecule has 4 rings (SSSR count). The summed E-state index contributed by atoms with van der Waals surface area (Å²) in [5.41, 5.74) is 2.10. The zero-order chi connectivity index (χ0) is 21.6. The zero-order valence-corrected chi connectivity index (χ0v) is 17.5. The van der Waals surface area contributed by atoms with Crippen LogP contribution < -0.4 is 4.90 Å². The number of nitrogens with zero attached hydrogens (tertiary/aromatic N) is 4. The van der Waals surface area contributed by atoms with Gasteiger partial charge in [0.25, 0.3) is 5.91 Å². The molecule has 31 heavy (non-hydrogen) atoms. The lowest BCUT2D eigenvalue weighted by Crippen LogP contribution is -2.37. The van der Waals surface area contributed by atoms with Crippen molar-refractivity contribution in [3.8, 4) is 6.07 Å². The Hall–Kier alpha value is -3.40. The number of rotatable bonds is 5. The van der Waals surface area contributed by atoms with Gasteiger partial charge in [-0.15, -0.1) is 0 Å². The van der Waals surface area contributed by atoms with Gasteiger partial charge in [0.15, 0.2) is 0 Å². The van der Waals surface area contributed by atoms with Crippen LogP contribution in [0.25, 0.3) is 0 Å². The summed E-state index contributed by atoms with van der Waals surface area (Å²) in [5.74, 6) is 0.606. The van der Waals surface area contributed by atoms with Crippen LogP contribution in [0.3, 0.4) is 0 Å². The molecule has 7 heteroatoms. The van der Waals surface area contributed by atoms with E-state index in [1.807, 2.05) is 35.2 Å². The number of anilines is 1. The number of pyridine rings is 1. The number of amides is 1. The number of hydrogen-bond donors (Lipinski definition) is 0. The number of nitriles is 1. The summed E-state index contributed by atoms with van der Waals surface area (Å²) in [7, 11) is 0. The number of likely N-dealkylation sites (tertiary alicyclic amines) is 1. The third-order valence-corrected chi connectivity index (χ3v) is 6.00. The molecule has 0 unspecified atom stereocenters. The monoisotopic (exact) mass is 418 g/mol. The molecule has 0 bridgehead atoms. The lowest BCUT2D eigenvalue weighted by Gasteiger charge is -2.31. The van der Waals surface area contributed by atoms with E-state index in [4.69, 9.17) is 10.00 Å². The van der Waals surface area contributed by atoms with Crippen molar-refractivity contribution in [2.24, 2.45) is 5.92 Å². The number of carbonyl (C=O) groups is 2. The van der Waals surface area contributed by atoms with Crippen LogP contribution in [0.2, 0.25) is 0 Å². The lowest BCUT2D eigenvalue weighted by molar-refractivity contribution is -0.150. The van der Waals surface area contributed by atoms with E-state index in [1.165, 1.54) is 0 Å². The smallest absolute Gasteiger partial charge is 0.309 e. The number of carbonyl (C=O) groups excluding carboxylic acids is 2. The van der Waals surface area contributed by atoms with E-state index in [2.05, 4.69) is 16.0 Å². The third kappa shape index (κ3) is 5.02. The number of esters is 1. The van der Waals surface area contributed by atoms with Crippen molar-refractivity contribution < 1.29 is 14.3 Å². The van der Waals surface area contributed by atoms with Gasteiger partial charge in [-0.25, -0.2) is 4.98 Å². The maximum atomic E-state index is 12.5. The zero-order valence-electron chi connectivity index (χ0n) is 17.5. The second-order valence-corrected chi connectivity index (χ2v) is 8.08. The molecule has 0 aliphatic carbocycles. The summed E-state index contributed by atoms with van der Waals surface area (Å²) in [4.78, 5) is 33.2. The Bertz CT molecular complexity index is 952. The summed E-state index contributed by atoms with van der Waals surface area (Å²) in [6.45, 7) is 3.34. The molecule has 0 atom stereocenters. The van der Waals surface area contributed by atoms with Gasteiger partial charge in [-0.05, 0) is 55.5 Å². The fraction of sp³-hybridized carbons (Fsp3) is 0.417. The number of hydrogen-bond acceptors (Lipinski definition) is 6. The molecule has 0 N–H and O–H groups in total. The first-order chi connectivity index (χ1) is 15.1. The van der Waals surface area contributed by atoms with E-state index in [0.29, 0.717) is 24.0 Å². The summed E-state index contributed by atoms with van der Waals surface area (Å²) in [6.07, 6.45) is 5.14. The highest BCUT2D eigenvalue weighted by molar-refractivity contribution is 5.94. The highest BCUT2D eigenvalue weighted by Crippen LogP contribution is 2.23. The largest absolute Gasteiger partial charge is 0.461 e. The van der Waals surface area contributed by atoms with E-state index in [0.717, 1.165) is 50.4 Å². The van der Waals surface area contributed by atoms with Crippen molar-refractivity contribution in [1.82, 2.24) is 9.88 Å². The number of aromatic nitrogens is 1. The summed E-state index contributed by atoms with van der Waals surface area (Å²) in [5, 5.41) is 8.88. The molecule has 2 aliphatic heterocycles. The van der Waals surface area contributed by atoms with Crippen LogP contribution in [-0.4, -0.2) is 47.9 Å². The van der Waals surface area contributed by atoms with E-state index in [-0.39, 0.29) is 24.4 Å². The van der Waals surface area contributed by atoms with Crippen LogP contribution in [0.4, 0.5) is 5.82 Å². The second kappa shape index (κ2) is 9.61. The van der Waals surface area contributed by atoms with Gasteiger partial charge in [0.1, 0.15) is 18.5 Å². The molecule has 2 saturated heterocycles. The number of benzene rings is 1. The van der Waals surface area contributed by atoms with Crippen LogP contribution in [0.1, 0.15) is 47.2 Å². The van der Waals surface area contributed by atoms with Gasteiger partial charge < -0.3 is 14.5 Å². The van der Waals surface area contributed by atoms with Crippen molar-refractivity contribution >= 4 is 17.7 Å². The molecular formula is C24H26N4O3. The normalized spacial score (nSPS) is 16.7. The maximum absolute atomic E-state index is 12.5. The fourth-order valence-electron chi connectivity index (χ4n) is 4.10. The summed E-state index contributed by atoms with van der Waals surface area (Å²) >= 11 is 0. The Balaban J connectivity index is 1.24. The van der Waals surface area contributed by atoms with Crippen LogP contribution in [0.15, 0.2) is 42.6 Å². The molecule has 1 aromatic carbocycles. The van der Waals surface area contributed by atoms with Gasteiger partial charge in [-0.1, -0.05) is 12.1 Å². The summed E-state index contributed by atoms with van der Waals surface area (Å²) in [6, 6.07) is 13.0. The summed E-state index contributed by atoms with van der Waals surface area (Å²) < 4.78 is 5.53. The van der Waals surface area contributed by atoms with Gasteiger partial charge in [-0.3, -0.25) is 9.59 Å². The molecule has 0 spiro atoms. The Morgan fingerprint density at radius 1 is 1.03 bits per heavy atom. The average molecular weight is 418 g/mol. The van der Waals surface area contributed by atoms with Crippen LogP contribution >= 0.6 is 0 Å². The minimum absolute atomic E-state index is 0.0737. The molecule has 0 radical (unpaired) electrons. The van der Waals surface area contributed by atoms with Crippen LogP contribution in [0.5, 0.6) is 0 Å². The topological polar surface area (TPSA) is 86.5 Å². The lowest BCUT2D eigenvalue weighted by atomic mass is 9.97. The Labute approximate surface area is 182 Å². The van der Waals surface area contributed by atoms with E-state index >= 15 is 0 Å². The Morgan fingerprint density at radius 2 is 1.74 bits per heavy atom. The van der Waals surface area contributed by atoms with Crippen molar-refractivity contribution in [2.75, 3.05) is 31.1 Å². The molecule has 7 nitrogen and oxygen atoms in total. The molecule has 0 saturated carbocycles. The third-order valence-electron chi connectivity index (χ3n) is 6.00. The standard InChI is InChI=1S/C24H26N4O3/c25-15-19-5-8-22(26-16-19)27-13-9-21(10-14-27)24(30)31-17-18-3-6-20(7-4-18)23(29)28-11-1-2-12-28/h3-8,16,21H,1-2,9-14,17H2. The van der Waals surface area contributed by atoms with Crippen LogP contribution in [0, 0.1) is 17.2 Å². The molecule has 2 aromatic rings. The molecule has 2 aliphatic rings. The Morgan fingerprint density at radius 3 is 2.35 bits per heavy atom. The van der Waals surface area contributed by atoms with Crippen molar-refractivity contribution in [3.63, 3.8) is 0 Å². The quantitative estimate of drug-likeness (QED) is 0.694. The molecule has 2 fully saturated rings. The van der Waals surface area contributed by atoms with Gasteiger partial charge in [0.05, 0.1) is 11.5 Å². The molecule has 1 aromatic heterocycles. The SMILES string of the molecule is N#Cc1ccc(N2CCC(C(=O)OCc3ccc(C(=O)N4CCCC4)cc3)CC2)nc1. The molecule has 1 amide bonds. The minimum atomic E-state index is -0.176.